The van der Waals surface area contributed by atoms with Gasteiger partial charge in [-0.05, 0) is 41.6 Å². The Morgan fingerprint density at radius 1 is 1.12 bits per heavy atom. The maximum absolute atomic E-state index is 13.6. The fraction of sp³-hybridized carbons (Fsp3) is 0.150. The van der Waals surface area contributed by atoms with E-state index < -0.39 is 0 Å². The number of benzene rings is 2. The van der Waals surface area contributed by atoms with Gasteiger partial charge in [0.25, 0.3) is 0 Å². The number of rotatable bonds is 6. The van der Waals surface area contributed by atoms with Gasteiger partial charge in [0.15, 0.2) is 0 Å². The third-order valence-corrected chi connectivity index (χ3v) is 4.83. The fourth-order valence-corrected chi connectivity index (χ4v) is 3.32. The first-order valence-corrected chi connectivity index (χ1v) is 8.89. The summed E-state index contributed by atoms with van der Waals surface area (Å²) in [6.07, 6.45) is 0. The van der Waals surface area contributed by atoms with Crippen LogP contribution >= 0.6 is 11.3 Å². The Labute approximate surface area is 150 Å². The number of hydrogen-bond donors (Lipinski definition) is 2. The highest BCUT2D eigenvalue weighted by atomic mass is 32.1. The van der Waals surface area contributed by atoms with Gasteiger partial charge in [0.05, 0.1) is 12.6 Å². The molecule has 5 heteroatoms. The van der Waals surface area contributed by atoms with Crippen molar-refractivity contribution in [2.24, 2.45) is 0 Å². The average Bonchev–Trinajstić information content (AvgIpc) is 3.16. The quantitative estimate of drug-likeness (QED) is 0.684. The zero-order valence-electron chi connectivity index (χ0n) is 13.8. The number of nitrogens with one attached hydrogen (secondary N) is 2. The first-order valence-electron chi connectivity index (χ1n) is 8.01. The highest BCUT2D eigenvalue weighted by Crippen LogP contribution is 2.25. The van der Waals surface area contributed by atoms with Gasteiger partial charge in [0.2, 0.25) is 5.91 Å². The van der Waals surface area contributed by atoms with Crippen LogP contribution < -0.4 is 10.6 Å². The molecule has 1 atom stereocenters. The van der Waals surface area contributed by atoms with Gasteiger partial charge in [-0.2, -0.15) is 0 Å². The monoisotopic (exact) mass is 354 g/mol. The molecule has 0 fully saturated rings. The number of thiophene rings is 1. The minimum absolute atomic E-state index is 0.0806. The maximum Gasteiger partial charge on any atom is 0.240 e. The van der Waals surface area contributed by atoms with Gasteiger partial charge in [-0.1, -0.05) is 42.5 Å². The van der Waals surface area contributed by atoms with Gasteiger partial charge < -0.3 is 10.6 Å². The van der Waals surface area contributed by atoms with Crippen LogP contribution in [0.25, 0.3) is 0 Å². The number of hydrogen-bond acceptors (Lipinski definition) is 3. The first-order chi connectivity index (χ1) is 12.1. The number of amides is 1. The lowest BCUT2D eigenvalue weighted by molar-refractivity contribution is -0.119. The van der Waals surface area contributed by atoms with Crippen LogP contribution in [0, 0.1) is 12.7 Å². The predicted molar refractivity (Wildman–Crippen MR) is 100 cm³/mol. The minimum atomic E-state index is -0.286. The molecule has 3 rings (SSSR count). The third kappa shape index (κ3) is 4.45. The van der Waals surface area contributed by atoms with Crippen LogP contribution in [0.5, 0.6) is 0 Å². The van der Waals surface area contributed by atoms with Crippen molar-refractivity contribution in [1.29, 1.82) is 0 Å². The normalized spacial score (nSPS) is 11.8. The van der Waals surface area contributed by atoms with Gasteiger partial charge in [-0.25, -0.2) is 4.39 Å². The number of halogens is 1. The van der Waals surface area contributed by atoms with Crippen molar-refractivity contribution in [3.8, 4) is 0 Å². The third-order valence-electron chi connectivity index (χ3n) is 3.89. The van der Waals surface area contributed by atoms with E-state index in [1.807, 2.05) is 47.8 Å². The van der Waals surface area contributed by atoms with Crippen molar-refractivity contribution >= 4 is 22.9 Å². The lowest BCUT2D eigenvalue weighted by atomic mass is 10.1. The van der Waals surface area contributed by atoms with Gasteiger partial charge in [0.1, 0.15) is 5.82 Å². The molecule has 2 N–H and O–H groups in total. The number of carbonyl (C=O) groups is 1. The van der Waals surface area contributed by atoms with Crippen LogP contribution in [0.1, 0.15) is 22.0 Å². The summed E-state index contributed by atoms with van der Waals surface area (Å²) < 4.78 is 13.6. The van der Waals surface area contributed by atoms with Crippen LogP contribution in [0.4, 0.5) is 10.1 Å². The Bertz CT molecular complexity index is 834. The molecule has 1 heterocycles. The van der Waals surface area contributed by atoms with E-state index in [1.54, 1.807) is 30.4 Å². The molecular weight excluding hydrogens is 335 g/mol. The van der Waals surface area contributed by atoms with Crippen molar-refractivity contribution in [3.63, 3.8) is 0 Å². The Morgan fingerprint density at radius 2 is 1.92 bits per heavy atom. The number of carbonyl (C=O) groups excluding carboxylic acids is 1. The van der Waals surface area contributed by atoms with Gasteiger partial charge in [-0.3, -0.25) is 4.79 Å². The Hall–Kier alpha value is -2.66. The molecule has 2 aromatic carbocycles. The second kappa shape index (κ2) is 7.94. The van der Waals surface area contributed by atoms with E-state index >= 15 is 0 Å². The van der Waals surface area contributed by atoms with Gasteiger partial charge >= 0.3 is 0 Å². The molecule has 128 valence electrons. The van der Waals surface area contributed by atoms with E-state index in [9.17, 15) is 9.18 Å². The molecule has 3 nitrogen and oxygen atoms in total. The molecule has 0 saturated carbocycles. The zero-order chi connectivity index (χ0) is 17.6. The van der Waals surface area contributed by atoms with E-state index in [-0.39, 0.29) is 24.3 Å². The molecule has 0 aliphatic heterocycles. The van der Waals surface area contributed by atoms with Crippen molar-refractivity contribution in [2.45, 2.75) is 13.0 Å². The molecule has 0 aliphatic carbocycles. The zero-order valence-corrected chi connectivity index (χ0v) is 14.6. The Morgan fingerprint density at radius 3 is 2.60 bits per heavy atom. The summed E-state index contributed by atoms with van der Waals surface area (Å²) in [5.74, 6) is -0.436. The van der Waals surface area contributed by atoms with E-state index in [0.717, 1.165) is 10.4 Å². The van der Waals surface area contributed by atoms with E-state index in [4.69, 9.17) is 0 Å². The van der Waals surface area contributed by atoms with Gasteiger partial charge in [-0.15, -0.1) is 11.3 Å². The smallest absolute Gasteiger partial charge is 0.240 e. The summed E-state index contributed by atoms with van der Waals surface area (Å²) in [5, 5.41) is 8.00. The van der Waals surface area contributed by atoms with Crippen LogP contribution in [-0.2, 0) is 4.79 Å². The summed E-state index contributed by atoms with van der Waals surface area (Å²) in [5.41, 5.74) is 2.20. The van der Waals surface area contributed by atoms with Crippen molar-refractivity contribution in [1.82, 2.24) is 5.32 Å². The summed E-state index contributed by atoms with van der Waals surface area (Å²) in [6, 6.07) is 18.5. The second-order valence-corrected chi connectivity index (χ2v) is 6.72. The van der Waals surface area contributed by atoms with E-state index in [0.29, 0.717) is 11.3 Å². The molecule has 0 radical (unpaired) electrons. The lowest BCUT2D eigenvalue weighted by Gasteiger charge is -2.18. The summed E-state index contributed by atoms with van der Waals surface area (Å²) >= 11 is 1.60. The summed E-state index contributed by atoms with van der Waals surface area (Å²) in [4.78, 5) is 13.5. The standard InChI is InChI=1S/C20H19FN2OS/c1-14-9-10-16(12-17(14)21)22-13-19(24)23-20(18-8-5-11-25-18)15-6-3-2-4-7-15/h2-12,20,22H,13H2,1H3,(H,23,24)/t20-/m1/s1. The summed E-state index contributed by atoms with van der Waals surface area (Å²) in [6.45, 7) is 1.79. The number of aryl methyl sites for hydroxylation is 1. The van der Waals surface area contributed by atoms with Crippen molar-refractivity contribution < 1.29 is 9.18 Å². The fourth-order valence-electron chi connectivity index (χ4n) is 2.52. The van der Waals surface area contributed by atoms with Crippen molar-refractivity contribution in [2.75, 3.05) is 11.9 Å². The molecule has 3 aromatic rings. The molecule has 25 heavy (non-hydrogen) atoms. The lowest BCUT2D eigenvalue weighted by Crippen LogP contribution is -2.33. The molecule has 1 aromatic heterocycles. The maximum atomic E-state index is 13.6. The molecule has 0 aliphatic rings. The molecule has 0 unspecified atom stereocenters. The van der Waals surface area contributed by atoms with Gasteiger partial charge in [0, 0.05) is 10.6 Å². The highest BCUT2D eigenvalue weighted by molar-refractivity contribution is 7.10. The molecule has 0 spiro atoms. The molecule has 0 saturated heterocycles. The van der Waals surface area contributed by atoms with Crippen molar-refractivity contribution in [3.05, 3.63) is 87.9 Å². The molecule has 0 bridgehead atoms. The molecule has 1 amide bonds. The van der Waals surface area contributed by atoms with E-state index in [2.05, 4.69) is 10.6 Å². The SMILES string of the molecule is Cc1ccc(NCC(=O)N[C@H](c2ccccc2)c2cccs2)cc1F. The van der Waals surface area contributed by atoms with Crippen LogP contribution in [0.15, 0.2) is 66.0 Å². The number of anilines is 1. The van der Waals surface area contributed by atoms with Crippen LogP contribution in [0.2, 0.25) is 0 Å². The topological polar surface area (TPSA) is 41.1 Å². The second-order valence-electron chi connectivity index (χ2n) is 5.74. The Kier molecular flexibility index (Phi) is 5.46. The van der Waals surface area contributed by atoms with Crippen LogP contribution in [0.3, 0.4) is 0 Å². The minimum Gasteiger partial charge on any atom is -0.376 e. The average molecular weight is 354 g/mol. The Balaban J connectivity index is 1.67. The molecular formula is C20H19FN2OS. The highest BCUT2D eigenvalue weighted by Gasteiger charge is 2.17. The van der Waals surface area contributed by atoms with E-state index in [1.165, 1.54) is 6.07 Å². The predicted octanol–water partition coefficient (Wildman–Crippen LogP) is 4.51. The summed E-state index contributed by atoms with van der Waals surface area (Å²) in [7, 11) is 0. The largest absolute Gasteiger partial charge is 0.376 e. The van der Waals surface area contributed by atoms with Crippen LogP contribution in [-0.4, -0.2) is 12.5 Å². The first kappa shape index (κ1) is 17.2.